The first-order valence-electron chi connectivity index (χ1n) is 26.9. The van der Waals surface area contributed by atoms with Crippen molar-refractivity contribution in [3.8, 4) is 0 Å². The molecule has 0 aromatic rings. The average Bonchev–Trinajstić information content (AvgIpc) is 3.27. The molecular weight excluding hydrogens is 961 g/mol. The van der Waals surface area contributed by atoms with Gasteiger partial charge in [0.2, 0.25) is 0 Å². The van der Waals surface area contributed by atoms with Crippen LogP contribution in [0.3, 0.4) is 0 Å². The zero-order chi connectivity index (χ0) is 62.5. The Hall–Kier alpha value is -4.95. The van der Waals surface area contributed by atoms with Crippen LogP contribution in [0.5, 0.6) is 0 Å². The first kappa shape index (κ1) is 99.1. The summed E-state index contributed by atoms with van der Waals surface area (Å²) in [6.07, 6.45) is 14.0. The molecule has 0 fully saturated rings. The Kier molecular flexibility index (Phi) is 113. The molecule has 0 aliphatic carbocycles. The molecule has 0 aliphatic rings. The van der Waals surface area contributed by atoms with Gasteiger partial charge in [-0.15, -0.1) is 0 Å². The van der Waals surface area contributed by atoms with E-state index in [1.54, 1.807) is 83.1 Å². The summed E-state index contributed by atoms with van der Waals surface area (Å²) in [4.78, 5) is 151. The van der Waals surface area contributed by atoms with E-state index < -0.39 is 0 Å². The molecule has 0 saturated heterocycles. The molecule has 0 amide bonds. The quantitative estimate of drug-likeness (QED) is 0.0814. The lowest BCUT2D eigenvalue weighted by Gasteiger charge is -1.87. The van der Waals surface area contributed by atoms with Gasteiger partial charge in [0.05, 0.1) is 19.3 Å². The molecule has 0 unspecified atom stereocenters. The minimum Gasteiger partial charge on any atom is -0.300 e. The van der Waals surface area contributed by atoms with Crippen molar-refractivity contribution >= 4 is 86.7 Å². The first-order valence-corrected chi connectivity index (χ1v) is 26.9. The van der Waals surface area contributed by atoms with E-state index in [0.29, 0.717) is 38.5 Å². The van der Waals surface area contributed by atoms with Crippen LogP contribution < -0.4 is 0 Å². The van der Waals surface area contributed by atoms with Crippen molar-refractivity contribution in [3.05, 3.63) is 0 Å². The lowest BCUT2D eigenvalue weighted by atomic mass is 10.2. The third-order valence-corrected chi connectivity index (χ3v) is 7.63. The van der Waals surface area contributed by atoms with E-state index in [9.17, 15) is 71.9 Å². The molecule has 0 radical (unpaired) electrons. The molecule has 0 aliphatic heterocycles. The molecule has 444 valence electrons. The highest BCUT2D eigenvalue weighted by Gasteiger charge is 2.01. The van der Waals surface area contributed by atoms with Crippen LogP contribution >= 0.6 is 0 Å². The van der Waals surface area contributed by atoms with E-state index in [-0.39, 0.29) is 106 Å². The smallest absolute Gasteiger partial charge is 0.139 e. The Bertz CT molecular complexity index is 1280. The summed E-state index contributed by atoms with van der Waals surface area (Å²) < 4.78 is 0. The molecule has 0 bridgehead atoms. The number of Topliss-reactive ketones (excluding diaryl/α,β-unsaturated/α-hetero) is 15. The van der Waals surface area contributed by atoms with Crippen molar-refractivity contribution in [2.75, 3.05) is 0 Å². The number of hydrogen-bond donors (Lipinski definition) is 0. The van der Waals surface area contributed by atoms with Gasteiger partial charge in [-0.2, -0.15) is 0 Å². The van der Waals surface area contributed by atoms with E-state index >= 15 is 0 Å². The normalized spacial score (nSPS) is 8.32. The number of carbonyl (C=O) groups is 15. The summed E-state index contributed by atoms with van der Waals surface area (Å²) in [6.45, 7) is 41.5. The second-order valence-electron chi connectivity index (χ2n) is 17.2. The fourth-order valence-electron chi connectivity index (χ4n) is 3.32. The summed E-state index contributed by atoms with van der Waals surface area (Å²) in [5.41, 5.74) is 0. The van der Waals surface area contributed by atoms with Gasteiger partial charge >= 0.3 is 0 Å². The molecule has 0 saturated carbocycles. The van der Waals surface area contributed by atoms with Crippen molar-refractivity contribution < 1.29 is 71.9 Å². The second kappa shape index (κ2) is 85.8. The van der Waals surface area contributed by atoms with Gasteiger partial charge in [-0.05, 0) is 122 Å². The van der Waals surface area contributed by atoms with E-state index in [1.807, 2.05) is 62.3 Å². The topological polar surface area (TPSA) is 256 Å². The molecule has 0 rings (SSSR count). The summed E-state index contributed by atoms with van der Waals surface area (Å²) in [7, 11) is 0. The van der Waals surface area contributed by atoms with Crippen LogP contribution in [0.2, 0.25) is 0 Å². The molecule has 0 aromatic heterocycles. The van der Waals surface area contributed by atoms with Crippen LogP contribution in [0.1, 0.15) is 301 Å². The fourth-order valence-corrected chi connectivity index (χ4v) is 3.32. The maximum absolute atomic E-state index is 10.4. The zero-order valence-corrected chi connectivity index (χ0v) is 52.5. The Balaban J connectivity index is -0.0000000579. The van der Waals surface area contributed by atoms with Crippen molar-refractivity contribution in [2.45, 2.75) is 301 Å². The van der Waals surface area contributed by atoms with Crippen LogP contribution in [0.4, 0.5) is 0 Å². The van der Waals surface area contributed by atoms with Gasteiger partial charge in [0.15, 0.2) is 0 Å². The summed E-state index contributed by atoms with van der Waals surface area (Å²) in [5.74, 6) is 2.44. The maximum atomic E-state index is 10.4. The van der Waals surface area contributed by atoms with Crippen molar-refractivity contribution in [2.24, 2.45) is 0 Å². The molecule has 75 heavy (non-hydrogen) atoms. The van der Waals surface area contributed by atoms with Crippen LogP contribution in [0, 0.1) is 0 Å². The molecule has 0 spiro atoms. The highest BCUT2D eigenvalue weighted by molar-refractivity contribution is 5.98. The predicted octanol–water partition coefficient (Wildman–Crippen LogP) is 14.0. The van der Waals surface area contributed by atoms with E-state index in [0.717, 1.165) is 77.0 Å². The number of carbonyl (C=O) groups excluding carboxylic acids is 15. The highest BCUT2D eigenvalue weighted by Crippen LogP contribution is 1.91. The average molecular weight is 1080 g/mol. The van der Waals surface area contributed by atoms with Crippen LogP contribution in [0.15, 0.2) is 0 Å². The Labute approximate surface area is 458 Å². The van der Waals surface area contributed by atoms with E-state index in [2.05, 4.69) is 0 Å². The monoisotopic (exact) mass is 1070 g/mol. The van der Waals surface area contributed by atoms with Crippen LogP contribution in [-0.2, 0) is 71.9 Å². The van der Waals surface area contributed by atoms with Crippen molar-refractivity contribution in [1.82, 2.24) is 0 Å². The lowest BCUT2D eigenvalue weighted by Crippen LogP contribution is -2.01. The predicted molar refractivity (Wildman–Crippen MR) is 308 cm³/mol. The molecule has 0 atom stereocenters. The van der Waals surface area contributed by atoms with Gasteiger partial charge in [-0.3, -0.25) is 28.8 Å². The molecule has 0 heterocycles. The summed E-state index contributed by atoms with van der Waals surface area (Å²) in [6, 6.07) is 0. The lowest BCUT2D eigenvalue weighted by molar-refractivity contribution is -0.127. The first-order chi connectivity index (χ1) is 34.4. The van der Waals surface area contributed by atoms with E-state index in [1.165, 1.54) is 20.8 Å². The molecule has 0 aromatic carbocycles. The Morgan fingerprint density at radius 2 is 0.280 bits per heavy atom. The zero-order valence-electron chi connectivity index (χ0n) is 52.5. The van der Waals surface area contributed by atoms with Gasteiger partial charge in [-0.1, -0.05) is 83.1 Å². The number of rotatable bonds is 24. The Morgan fingerprint density at radius 3 is 0.293 bits per heavy atom. The minimum atomic E-state index is -0.0446. The van der Waals surface area contributed by atoms with Gasteiger partial charge < -0.3 is 43.2 Å². The summed E-state index contributed by atoms with van der Waals surface area (Å²) >= 11 is 0. The SMILES string of the molecule is CCC(=O)CC(C)=O.CCC(=O)CC(C)=O.CCC(=O)CC(C)=O.CCC(C)=O.CCC(C)=O.CCC(C)=O.CCCC(C)=O.CCCC(C)=O.CCCC(C)=O.CCCC(C)=O.CCCC(C)=O.CCCC(C)=O. The van der Waals surface area contributed by atoms with E-state index in [4.69, 9.17) is 0 Å². The van der Waals surface area contributed by atoms with Crippen molar-refractivity contribution in [1.29, 1.82) is 0 Å². The third kappa shape index (κ3) is 226. The highest BCUT2D eigenvalue weighted by atomic mass is 16.2. The maximum Gasteiger partial charge on any atom is 0.139 e. The molecular formula is C60H114O15. The van der Waals surface area contributed by atoms with Gasteiger partial charge in [0.25, 0.3) is 0 Å². The fraction of sp³-hybridized carbons (Fsp3) is 0.750. The van der Waals surface area contributed by atoms with Crippen molar-refractivity contribution in [3.63, 3.8) is 0 Å². The molecule has 15 nitrogen and oxygen atoms in total. The van der Waals surface area contributed by atoms with Gasteiger partial charge in [0.1, 0.15) is 86.7 Å². The van der Waals surface area contributed by atoms with Crippen LogP contribution in [-0.4, -0.2) is 86.7 Å². The summed E-state index contributed by atoms with van der Waals surface area (Å²) in [5, 5.41) is 0. The molecule has 0 N–H and O–H groups in total. The minimum absolute atomic E-state index is 0.0255. The van der Waals surface area contributed by atoms with Gasteiger partial charge in [0, 0.05) is 77.0 Å². The largest absolute Gasteiger partial charge is 0.300 e. The molecule has 15 heteroatoms. The second-order valence-corrected chi connectivity index (χ2v) is 17.2. The Morgan fingerprint density at radius 1 is 0.173 bits per heavy atom. The van der Waals surface area contributed by atoms with Crippen LogP contribution in [0.25, 0.3) is 0 Å². The number of ketones is 15. The van der Waals surface area contributed by atoms with Gasteiger partial charge in [-0.25, -0.2) is 0 Å². The third-order valence-electron chi connectivity index (χ3n) is 7.63. The standard InChI is InChI=1S/3C6H10O2.6C5H10O.3C4H8O/c3*1-3-6(8)4-5(2)7;6*1-3-4-5(2)6;3*1-3-4(2)5/h3*3-4H2,1-2H3;6*3-4H2,1-2H3;3*3H2,1-2H3. The number of hydrogen-bond acceptors (Lipinski definition) is 15.